The van der Waals surface area contributed by atoms with Gasteiger partial charge in [0.1, 0.15) is 0 Å². The van der Waals surface area contributed by atoms with Gasteiger partial charge in [0.25, 0.3) is 0 Å². The maximum Gasteiger partial charge on any atom is 0.416 e. The molecule has 9 heteroatoms. The number of amides is 3. The number of aliphatic imine (C=N–C) groups is 1. The van der Waals surface area contributed by atoms with Crippen molar-refractivity contribution < 1.29 is 22.8 Å². The Bertz CT molecular complexity index is 973. The number of anilines is 1. The Kier molecular flexibility index (Phi) is 5.46. The van der Waals surface area contributed by atoms with Gasteiger partial charge in [-0.3, -0.25) is 9.69 Å². The molecule has 1 aliphatic heterocycles. The average Bonchev–Trinajstić information content (AvgIpc) is 2.95. The Morgan fingerprint density at radius 2 is 2.00 bits per heavy atom. The number of benzene rings is 2. The fraction of sp³-hybridized carbons (Fsp3) is 0.211. The standard InChI is InChI=1S/C19H16F3N3O2S/c1-11-5-6-13(8-12-3-2-4-14(9-12)19(20,21)22)15(7-11)25-16(26)10-28-18(25)24-17(23)27/h2-7,9H,8,10H2,1H3,(H2,23,27). The maximum atomic E-state index is 13.0. The lowest BCUT2D eigenvalue weighted by Crippen LogP contribution is -2.31. The topological polar surface area (TPSA) is 75.8 Å². The Balaban J connectivity index is 2.03. The average molecular weight is 407 g/mol. The molecule has 3 amide bonds. The molecular formula is C19H16F3N3O2S. The lowest BCUT2D eigenvalue weighted by Gasteiger charge is -2.20. The van der Waals surface area contributed by atoms with Gasteiger partial charge in [-0.05, 0) is 42.2 Å². The maximum absolute atomic E-state index is 13.0. The van der Waals surface area contributed by atoms with Crippen molar-refractivity contribution >= 4 is 34.6 Å². The van der Waals surface area contributed by atoms with Gasteiger partial charge >= 0.3 is 12.2 Å². The zero-order valence-corrected chi connectivity index (χ0v) is 15.6. The number of thioether (sulfide) groups is 1. The molecule has 1 aliphatic rings. The first-order valence-corrected chi connectivity index (χ1v) is 9.23. The van der Waals surface area contributed by atoms with Crippen LogP contribution in [0.3, 0.4) is 0 Å². The van der Waals surface area contributed by atoms with Crippen LogP contribution in [0.2, 0.25) is 0 Å². The zero-order valence-electron chi connectivity index (χ0n) is 14.8. The number of aryl methyl sites for hydroxylation is 1. The molecule has 0 aromatic heterocycles. The number of hydrogen-bond acceptors (Lipinski definition) is 3. The van der Waals surface area contributed by atoms with E-state index in [1.807, 2.05) is 13.0 Å². The largest absolute Gasteiger partial charge is 0.416 e. The lowest BCUT2D eigenvalue weighted by molar-refractivity contribution is -0.137. The predicted molar refractivity (Wildman–Crippen MR) is 102 cm³/mol. The van der Waals surface area contributed by atoms with Crippen molar-refractivity contribution in [1.82, 2.24) is 0 Å². The molecule has 0 atom stereocenters. The number of alkyl halides is 3. The van der Waals surface area contributed by atoms with Gasteiger partial charge in [0.15, 0.2) is 5.17 Å². The van der Waals surface area contributed by atoms with Gasteiger partial charge < -0.3 is 5.73 Å². The number of primary amides is 1. The molecule has 146 valence electrons. The third-order valence-corrected chi connectivity index (χ3v) is 5.03. The molecule has 0 bridgehead atoms. The first kappa shape index (κ1) is 19.9. The van der Waals surface area contributed by atoms with E-state index < -0.39 is 17.8 Å². The highest BCUT2D eigenvalue weighted by molar-refractivity contribution is 8.15. The summed E-state index contributed by atoms with van der Waals surface area (Å²) in [7, 11) is 0. The summed E-state index contributed by atoms with van der Waals surface area (Å²) in [5.41, 5.74) is 6.81. The third kappa shape index (κ3) is 4.36. The molecule has 2 aromatic carbocycles. The zero-order chi connectivity index (χ0) is 20.5. The number of urea groups is 1. The van der Waals surface area contributed by atoms with Crippen LogP contribution in [-0.4, -0.2) is 22.9 Å². The van der Waals surface area contributed by atoms with E-state index in [1.54, 1.807) is 18.2 Å². The van der Waals surface area contributed by atoms with Gasteiger partial charge in [-0.2, -0.15) is 18.2 Å². The molecule has 0 unspecified atom stereocenters. The van der Waals surface area contributed by atoms with Crippen LogP contribution < -0.4 is 10.6 Å². The Morgan fingerprint density at radius 1 is 1.25 bits per heavy atom. The summed E-state index contributed by atoms with van der Waals surface area (Å²) >= 11 is 1.09. The van der Waals surface area contributed by atoms with Crippen LogP contribution in [0.4, 0.5) is 23.7 Å². The van der Waals surface area contributed by atoms with Crippen LogP contribution >= 0.6 is 11.8 Å². The van der Waals surface area contributed by atoms with Gasteiger partial charge in [0.05, 0.1) is 17.0 Å². The monoisotopic (exact) mass is 407 g/mol. The van der Waals surface area contributed by atoms with E-state index in [9.17, 15) is 22.8 Å². The van der Waals surface area contributed by atoms with Crippen molar-refractivity contribution in [1.29, 1.82) is 0 Å². The summed E-state index contributed by atoms with van der Waals surface area (Å²) in [6.07, 6.45) is -4.26. The second kappa shape index (κ2) is 7.67. The van der Waals surface area contributed by atoms with Crippen molar-refractivity contribution in [2.75, 3.05) is 10.7 Å². The van der Waals surface area contributed by atoms with Crippen LogP contribution in [0.25, 0.3) is 0 Å². The molecule has 0 radical (unpaired) electrons. The summed E-state index contributed by atoms with van der Waals surface area (Å²) in [6.45, 7) is 1.83. The molecule has 0 saturated carbocycles. The molecule has 0 aliphatic carbocycles. The Hall–Kier alpha value is -2.81. The van der Waals surface area contributed by atoms with Crippen molar-refractivity contribution in [3.05, 3.63) is 64.7 Å². The van der Waals surface area contributed by atoms with Crippen LogP contribution in [0.1, 0.15) is 22.3 Å². The van der Waals surface area contributed by atoms with Crippen LogP contribution in [0, 0.1) is 6.92 Å². The molecule has 3 rings (SSSR count). The summed E-state index contributed by atoms with van der Waals surface area (Å²) in [5.74, 6) is -0.177. The first-order chi connectivity index (χ1) is 13.1. The summed E-state index contributed by atoms with van der Waals surface area (Å²) in [5, 5.41) is 0.161. The van der Waals surface area contributed by atoms with Crippen molar-refractivity contribution in [3.63, 3.8) is 0 Å². The second-order valence-corrected chi connectivity index (χ2v) is 7.20. The Morgan fingerprint density at radius 3 is 2.68 bits per heavy atom. The predicted octanol–water partition coefficient (Wildman–Crippen LogP) is 4.12. The van der Waals surface area contributed by atoms with E-state index in [4.69, 9.17) is 5.73 Å². The van der Waals surface area contributed by atoms with E-state index in [0.717, 1.165) is 29.5 Å². The number of hydrogen-bond donors (Lipinski definition) is 1. The van der Waals surface area contributed by atoms with E-state index >= 15 is 0 Å². The third-order valence-electron chi connectivity index (χ3n) is 4.10. The van der Waals surface area contributed by atoms with E-state index in [0.29, 0.717) is 16.8 Å². The van der Waals surface area contributed by atoms with Crippen LogP contribution in [0.15, 0.2) is 47.5 Å². The number of carbonyl (C=O) groups is 2. The SMILES string of the molecule is Cc1ccc(Cc2cccc(C(F)(F)F)c2)c(N2C(=O)CSC2=NC(N)=O)c1. The smallest absolute Gasteiger partial charge is 0.350 e. The van der Waals surface area contributed by atoms with Crippen LogP contribution in [-0.2, 0) is 17.4 Å². The van der Waals surface area contributed by atoms with Gasteiger partial charge in [0, 0.05) is 0 Å². The fourth-order valence-corrected chi connectivity index (χ4v) is 3.75. The van der Waals surface area contributed by atoms with Gasteiger partial charge in [-0.1, -0.05) is 42.1 Å². The highest BCUT2D eigenvalue weighted by Crippen LogP contribution is 2.33. The normalized spacial score (nSPS) is 16.1. The molecule has 5 nitrogen and oxygen atoms in total. The lowest BCUT2D eigenvalue weighted by atomic mass is 9.99. The minimum Gasteiger partial charge on any atom is -0.350 e. The molecule has 1 heterocycles. The summed E-state index contributed by atoms with van der Waals surface area (Å²) in [6, 6.07) is 9.42. The summed E-state index contributed by atoms with van der Waals surface area (Å²) in [4.78, 5) is 28.6. The molecular weight excluding hydrogens is 391 g/mol. The number of halogens is 3. The summed E-state index contributed by atoms with van der Waals surface area (Å²) < 4.78 is 39.0. The quantitative estimate of drug-likeness (QED) is 0.832. The van der Waals surface area contributed by atoms with Crippen molar-refractivity contribution in [2.45, 2.75) is 19.5 Å². The van der Waals surface area contributed by atoms with Gasteiger partial charge in [0.2, 0.25) is 5.91 Å². The number of nitrogens with two attached hydrogens (primary N) is 1. The molecule has 0 spiro atoms. The van der Waals surface area contributed by atoms with Gasteiger partial charge in [-0.15, -0.1) is 0 Å². The number of nitrogens with zero attached hydrogens (tertiary/aromatic N) is 2. The minimum atomic E-state index is -4.44. The number of carbonyl (C=O) groups excluding carboxylic acids is 2. The van der Waals surface area contributed by atoms with E-state index in [2.05, 4.69) is 4.99 Å². The number of amidine groups is 1. The first-order valence-electron chi connectivity index (χ1n) is 8.24. The highest BCUT2D eigenvalue weighted by Gasteiger charge is 2.32. The number of rotatable bonds is 3. The van der Waals surface area contributed by atoms with Crippen molar-refractivity contribution in [3.8, 4) is 0 Å². The van der Waals surface area contributed by atoms with E-state index in [-0.39, 0.29) is 23.2 Å². The molecule has 1 fully saturated rings. The molecule has 28 heavy (non-hydrogen) atoms. The highest BCUT2D eigenvalue weighted by atomic mass is 32.2. The van der Waals surface area contributed by atoms with Crippen LogP contribution in [0.5, 0.6) is 0 Å². The second-order valence-electron chi connectivity index (χ2n) is 6.26. The van der Waals surface area contributed by atoms with E-state index in [1.165, 1.54) is 11.0 Å². The van der Waals surface area contributed by atoms with Gasteiger partial charge in [-0.25, -0.2) is 4.79 Å². The minimum absolute atomic E-state index is 0.100. The Labute approximate surface area is 163 Å². The fourth-order valence-electron chi connectivity index (χ4n) is 2.89. The molecule has 2 N–H and O–H groups in total. The van der Waals surface area contributed by atoms with Crippen molar-refractivity contribution in [2.24, 2.45) is 10.7 Å². The molecule has 1 saturated heterocycles. The molecule has 2 aromatic rings.